The molecule has 0 atom stereocenters. The molecule has 0 radical (unpaired) electrons. The molecule has 0 spiro atoms. The lowest BCUT2D eigenvalue weighted by atomic mass is 9.78. The van der Waals surface area contributed by atoms with Crippen molar-refractivity contribution in [2.24, 2.45) is 11.8 Å². The molecule has 3 aromatic rings. The molecule has 1 saturated carbocycles. The topological polar surface area (TPSA) is 9.23 Å². The third-order valence-corrected chi connectivity index (χ3v) is 8.27. The fourth-order valence-electron chi connectivity index (χ4n) is 5.94. The first-order valence-corrected chi connectivity index (χ1v) is 14.9. The zero-order valence-corrected chi connectivity index (χ0v) is 23.3. The highest BCUT2D eigenvalue weighted by Gasteiger charge is 2.20. The van der Waals surface area contributed by atoms with E-state index < -0.39 is 11.6 Å². The predicted molar refractivity (Wildman–Crippen MR) is 156 cm³/mol. The van der Waals surface area contributed by atoms with E-state index in [9.17, 15) is 0 Å². The van der Waals surface area contributed by atoms with Crippen molar-refractivity contribution in [3.63, 3.8) is 0 Å². The Kier molecular flexibility index (Phi) is 10.8. The minimum absolute atomic E-state index is 0.271. The highest BCUT2D eigenvalue weighted by Crippen LogP contribution is 2.34. The van der Waals surface area contributed by atoms with Gasteiger partial charge < -0.3 is 4.74 Å². The summed E-state index contributed by atoms with van der Waals surface area (Å²) in [4.78, 5) is 0. The Bertz CT molecular complexity index is 1110. The SMILES string of the molecule is CCCCCc1ccc(-c2ccc(-c3ccc(OCCCC4CCC(CCC)CC4)cc3)c(F)c2F)cc1. The number of benzene rings is 3. The van der Waals surface area contributed by atoms with E-state index in [0.29, 0.717) is 23.3 Å². The Hall–Kier alpha value is -2.68. The van der Waals surface area contributed by atoms with E-state index in [1.165, 1.54) is 63.4 Å². The van der Waals surface area contributed by atoms with Gasteiger partial charge in [0.25, 0.3) is 0 Å². The number of halogens is 2. The van der Waals surface area contributed by atoms with Crippen LogP contribution in [0.4, 0.5) is 8.78 Å². The molecular weight excluding hydrogens is 474 g/mol. The van der Waals surface area contributed by atoms with E-state index in [1.54, 1.807) is 12.1 Å². The molecule has 0 bridgehead atoms. The van der Waals surface area contributed by atoms with Gasteiger partial charge in [0.15, 0.2) is 11.6 Å². The van der Waals surface area contributed by atoms with E-state index in [1.807, 2.05) is 48.5 Å². The van der Waals surface area contributed by atoms with Gasteiger partial charge in [0, 0.05) is 11.1 Å². The Labute approximate surface area is 228 Å². The Morgan fingerprint density at radius 1 is 0.632 bits per heavy atom. The molecule has 0 heterocycles. The molecule has 0 amide bonds. The van der Waals surface area contributed by atoms with Gasteiger partial charge in [-0.1, -0.05) is 114 Å². The Morgan fingerprint density at radius 3 is 1.74 bits per heavy atom. The molecule has 1 nitrogen and oxygen atoms in total. The average Bonchev–Trinajstić information content (AvgIpc) is 2.95. The Morgan fingerprint density at radius 2 is 1.18 bits per heavy atom. The first-order chi connectivity index (χ1) is 18.6. The van der Waals surface area contributed by atoms with Crippen LogP contribution in [0.3, 0.4) is 0 Å². The largest absolute Gasteiger partial charge is 0.494 e. The molecule has 3 aromatic carbocycles. The van der Waals surface area contributed by atoms with Crippen LogP contribution in [0.2, 0.25) is 0 Å². The number of ether oxygens (including phenoxy) is 1. The van der Waals surface area contributed by atoms with E-state index in [0.717, 1.165) is 36.8 Å². The number of rotatable bonds is 13. The van der Waals surface area contributed by atoms with Crippen LogP contribution in [0.25, 0.3) is 22.3 Å². The smallest absolute Gasteiger partial charge is 0.167 e. The van der Waals surface area contributed by atoms with Crippen molar-refractivity contribution < 1.29 is 13.5 Å². The van der Waals surface area contributed by atoms with E-state index in [2.05, 4.69) is 13.8 Å². The first kappa shape index (κ1) is 28.3. The van der Waals surface area contributed by atoms with Gasteiger partial charge in [-0.25, -0.2) is 8.78 Å². The summed E-state index contributed by atoms with van der Waals surface area (Å²) in [5.74, 6) is 0.963. The standard InChI is InChI=1S/C35H44F2O/c1-3-5-6-9-27-15-17-29(18-16-27)32-23-24-33(35(37)34(32)36)30-19-21-31(22-20-30)38-25-7-10-28-13-11-26(8-4-2)12-14-28/h15-24,26,28H,3-14,25H2,1-2H3. The van der Waals surface area contributed by atoms with Gasteiger partial charge in [-0.2, -0.15) is 0 Å². The molecule has 204 valence electrons. The van der Waals surface area contributed by atoms with Gasteiger partial charge in [0.05, 0.1) is 6.61 Å². The summed E-state index contributed by atoms with van der Waals surface area (Å²) in [5, 5.41) is 0. The molecule has 1 aliphatic rings. The molecule has 0 N–H and O–H groups in total. The number of unbranched alkanes of at least 4 members (excludes halogenated alkanes) is 2. The second-order valence-electron chi connectivity index (χ2n) is 11.1. The normalized spacial score (nSPS) is 17.5. The molecule has 38 heavy (non-hydrogen) atoms. The zero-order valence-electron chi connectivity index (χ0n) is 23.3. The molecule has 0 saturated heterocycles. The van der Waals surface area contributed by atoms with Crippen molar-refractivity contribution in [3.8, 4) is 28.0 Å². The molecular formula is C35H44F2O. The van der Waals surface area contributed by atoms with E-state index in [4.69, 9.17) is 4.74 Å². The van der Waals surface area contributed by atoms with Gasteiger partial charge in [-0.15, -0.1) is 0 Å². The van der Waals surface area contributed by atoms with Crippen molar-refractivity contribution in [1.29, 1.82) is 0 Å². The van der Waals surface area contributed by atoms with Gasteiger partial charge in [-0.3, -0.25) is 0 Å². The quantitative estimate of drug-likeness (QED) is 0.204. The summed E-state index contributed by atoms with van der Waals surface area (Å²) in [6.07, 6.45) is 15.1. The fraction of sp³-hybridized carbons (Fsp3) is 0.486. The van der Waals surface area contributed by atoms with Gasteiger partial charge in [0.2, 0.25) is 0 Å². The van der Waals surface area contributed by atoms with Crippen molar-refractivity contribution in [2.45, 2.75) is 90.9 Å². The zero-order chi connectivity index (χ0) is 26.7. The third kappa shape index (κ3) is 7.68. The summed E-state index contributed by atoms with van der Waals surface area (Å²) < 4.78 is 36.1. The van der Waals surface area contributed by atoms with Crippen LogP contribution in [-0.2, 0) is 6.42 Å². The fourth-order valence-corrected chi connectivity index (χ4v) is 5.94. The predicted octanol–water partition coefficient (Wildman–Crippen LogP) is 10.8. The van der Waals surface area contributed by atoms with Crippen molar-refractivity contribution in [3.05, 3.63) is 77.9 Å². The van der Waals surface area contributed by atoms with Crippen LogP contribution in [0.15, 0.2) is 60.7 Å². The van der Waals surface area contributed by atoms with Crippen LogP contribution in [0.5, 0.6) is 5.75 Å². The van der Waals surface area contributed by atoms with Crippen LogP contribution in [0.1, 0.15) is 90.0 Å². The van der Waals surface area contributed by atoms with Crippen LogP contribution in [0, 0.1) is 23.5 Å². The van der Waals surface area contributed by atoms with Crippen LogP contribution in [-0.4, -0.2) is 6.61 Å². The van der Waals surface area contributed by atoms with Gasteiger partial charge >= 0.3 is 0 Å². The molecule has 0 aliphatic heterocycles. The molecule has 0 unspecified atom stereocenters. The van der Waals surface area contributed by atoms with E-state index in [-0.39, 0.29) is 5.56 Å². The lowest BCUT2D eigenvalue weighted by molar-refractivity contribution is 0.230. The minimum Gasteiger partial charge on any atom is -0.494 e. The maximum Gasteiger partial charge on any atom is 0.167 e. The van der Waals surface area contributed by atoms with Crippen LogP contribution >= 0.6 is 0 Å². The lowest BCUT2D eigenvalue weighted by Gasteiger charge is -2.28. The summed E-state index contributed by atoms with van der Waals surface area (Å²) in [5.41, 5.74) is 3.15. The molecule has 4 rings (SSSR count). The second-order valence-corrected chi connectivity index (χ2v) is 11.1. The van der Waals surface area contributed by atoms with Gasteiger partial charge in [0.1, 0.15) is 5.75 Å². The number of hydrogen-bond acceptors (Lipinski definition) is 1. The Balaban J connectivity index is 1.29. The summed E-state index contributed by atoms with van der Waals surface area (Å²) >= 11 is 0. The monoisotopic (exact) mass is 518 g/mol. The minimum atomic E-state index is -0.808. The number of aryl methyl sites for hydroxylation is 1. The highest BCUT2D eigenvalue weighted by molar-refractivity contribution is 5.72. The summed E-state index contributed by atoms with van der Waals surface area (Å²) in [6, 6.07) is 18.5. The van der Waals surface area contributed by atoms with Crippen molar-refractivity contribution in [1.82, 2.24) is 0 Å². The molecule has 3 heteroatoms. The first-order valence-electron chi connectivity index (χ1n) is 14.9. The number of hydrogen-bond donors (Lipinski definition) is 0. The summed E-state index contributed by atoms with van der Waals surface area (Å²) in [6.45, 7) is 5.17. The third-order valence-electron chi connectivity index (χ3n) is 8.27. The molecule has 0 aromatic heterocycles. The maximum absolute atomic E-state index is 15.1. The summed E-state index contributed by atoms with van der Waals surface area (Å²) in [7, 11) is 0. The molecule has 1 aliphatic carbocycles. The second kappa shape index (κ2) is 14.5. The highest BCUT2D eigenvalue weighted by atomic mass is 19.2. The lowest BCUT2D eigenvalue weighted by Crippen LogP contribution is -2.15. The van der Waals surface area contributed by atoms with Crippen LogP contribution < -0.4 is 4.74 Å². The van der Waals surface area contributed by atoms with Gasteiger partial charge in [-0.05, 0) is 66.3 Å². The van der Waals surface area contributed by atoms with Crippen molar-refractivity contribution >= 4 is 0 Å². The van der Waals surface area contributed by atoms with Crippen molar-refractivity contribution in [2.75, 3.05) is 6.61 Å². The molecule has 1 fully saturated rings. The average molecular weight is 519 g/mol. The maximum atomic E-state index is 15.1. The van der Waals surface area contributed by atoms with E-state index >= 15 is 8.78 Å².